The number of aromatic nitrogens is 3. The Hall–Kier alpha value is -2.93. The zero-order valence-electron chi connectivity index (χ0n) is 16.0. The number of H-pyrrole nitrogens is 1. The normalized spacial score (nSPS) is 11.8. The highest BCUT2D eigenvalue weighted by atomic mass is 32.2. The molecule has 0 aliphatic rings. The van der Waals surface area contributed by atoms with Crippen LogP contribution in [0.4, 0.5) is 5.69 Å². The van der Waals surface area contributed by atoms with Crippen LogP contribution in [0.1, 0.15) is 25.0 Å². The van der Waals surface area contributed by atoms with Gasteiger partial charge in [-0.1, -0.05) is 67.2 Å². The molecule has 6 nitrogen and oxygen atoms in total. The maximum absolute atomic E-state index is 12.6. The van der Waals surface area contributed by atoms with E-state index in [1.165, 1.54) is 11.8 Å². The number of hydrogen-bond donors (Lipinski definition) is 2. The number of carbonyl (C=O) groups is 1. The third-order valence-corrected chi connectivity index (χ3v) is 5.34. The van der Waals surface area contributed by atoms with Crippen LogP contribution in [-0.2, 0) is 11.2 Å². The lowest BCUT2D eigenvalue weighted by molar-refractivity contribution is -0.115. The Balaban J connectivity index is 1.73. The monoisotopic (exact) mass is 394 g/mol. The third kappa shape index (κ3) is 4.48. The molecule has 0 spiro atoms. The van der Waals surface area contributed by atoms with Crippen LogP contribution >= 0.6 is 11.8 Å². The minimum absolute atomic E-state index is 0.149. The van der Waals surface area contributed by atoms with Gasteiger partial charge in [0, 0.05) is 11.3 Å². The molecule has 0 radical (unpaired) electrons. The molecule has 28 heavy (non-hydrogen) atoms. The fourth-order valence-electron chi connectivity index (χ4n) is 2.81. The summed E-state index contributed by atoms with van der Waals surface area (Å²) in [4.78, 5) is 27.7. The Labute approximate surface area is 167 Å². The Morgan fingerprint density at radius 2 is 1.89 bits per heavy atom. The number of anilines is 1. The highest BCUT2D eigenvalue weighted by Gasteiger charge is 2.19. The number of aryl methyl sites for hydroxylation is 2. The van der Waals surface area contributed by atoms with E-state index in [1.54, 1.807) is 19.1 Å². The predicted octanol–water partition coefficient (Wildman–Crippen LogP) is 3.82. The average molecular weight is 395 g/mol. The molecule has 2 aromatic carbocycles. The topological polar surface area (TPSA) is 87.7 Å². The molecule has 1 atom stereocenters. The number of benzene rings is 2. The molecule has 1 unspecified atom stereocenters. The van der Waals surface area contributed by atoms with Crippen molar-refractivity contribution in [3.63, 3.8) is 0 Å². The van der Waals surface area contributed by atoms with Crippen LogP contribution in [0.3, 0.4) is 0 Å². The summed E-state index contributed by atoms with van der Waals surface area (Å²) in [5.74, 6) is -0.149. The first kappa shape index (κ1) is 19.8. The summed E-state index contributed by atoms with van der Waals surface area (Å²) >= 11 is 1.17. The summed E-state index contributed by atoms with van der Waals surface area (Å²) in [7, 11) is 0. The fraction of sp³-hybridized carbons (Fsp3) is 0.238. The van der Waals surface area contributed by atoms with Gasteiger partial charge in [0.1, 0.15) is 0 Å². The summed E-state index contributed by atoms with van der Waals surface area (Å²) in [6, 6.07) is 15.1. The van der Waals surface area contributed by atoms with E-state index in [4.69, 9.17) is 0 Å². The number of thioether (sulfide) groups is 1. The highest BCUT2D eigenvalue weighted by molar-refractivity contribution is 8.00. The molecule has 0 aliphatic carbocycles. The molecule has 3 aromatic rings. The van der Waals surface area contributed by atoms with Crippen molar-refractivity contribution >= 4 is 23.4 Å². The molecule has 1 heterocycles. The molecule has 144 valence electrons. The minimum Gasteiger partial charge on any atom is -0.325 e. The van der Waals surface area contributed by atoms with E-state index >= 15 is 0 Å². The maximum Gasteiger partial charge on any atom is 0.278 e. The zero-order chi connectivity index (χ0) is 20.1. The van der Waals surface area contributed by atoms with Crippen molar-refractivity contribution in [2.24, 2.45) is 0 Å². The molecule has 0 saturated carbocycles. The van der Waals surface area contributed by atoms with E-state index < -0.39 is 5.25 Å². The van der Waals surface area contributed by atoms with Crippen LogP contribution in [-0.4, -0.2) is 26.3 Å². The molecule has 0 fully saturated rings. The van der Waals surface area contributed by atoms with Gasteiger partial charge in [-0.3, -0.25) is 14.6 Å². The van der Waals surface area contributed by atoms with E-state index in [1.807, 2.05) is 43.3 Å². The van der Waals surface area contributed by atoms with Crippen molar-refractivity contribution < 1.29 is 4.79 Å². The molecular formula is C21H22N4O2S. The maximum atomic E-state index is 12.6. The first-order valence-electron chi connectivity index (χ1n) is 9.08. The lowest BCUT2D eigenvalue weighted by Crippen LogP contribution is -2.24. The van der Waals surface area contributed by atoms with Crippen molar-refractivity contribution in [3.8, 4) is 11.3 Å². The Morgan fingerprint density at radius 3 is 2.57 bits per heavy atom. The number of rotatable bonds is 6. The average Bonchev–Trinajstić information content (AvgIpc) is 2.70. The predicted molar refractivity (Wildman–Crippen MR) is 113 cm³/mol. The largest absolute Gasteiger partial charge is 0.325 e. The summed E-state index contributed by atoms with van der Waals surface area (Å²) < 4.78 is 0. The lowest BCUT2D eigenvalue weighted by atomic mass is 10.1. The van der Waals surface area contributed by atoms with Gasteiger partial charge in [0.15, 0.2) is 10.9 Å². The molecular weight excluding hydrogens is 372 g/mol. The van der Waals surface area contributed by atoms with E-state index in [9.17, 15) is 9.59 Å². The number of aromatic amines is 1. The summed E-state index contributed by atoms with van der Waals surface area (Å²) in [5.41, 5.74) is 3.58. The molecule has 2 N–H and O–H groups in total. The van der Waals surface area contributed by atoms with Crippen LogP contribution in [0, 0.1) is 6.92 Å². The van der Waals surface area contributed by atoms with E-state index in [0.29, 0.717) is 10.7 Å². The van der Waals surface area contributed by atoms with Gasteiger partial charge in [0.2, 0.25) is 5.91 Å². The van der Waals surface area contributed by atoms with Crippen LogP contribution in [0.25, 0.3) is 11.3 Å². The summed E-state index contributed by atoms with van der Waals surface area (Å²) in [5, 5.41) is 11.0. The molecule has 0 aliphatic heterocycles. The first-order chi connectivity index (χ1) is 13.5. The number of nitrogens with one attached hydrogen (secondary N) is 2. The Morgan fingerprint density at radius 1 is 1.14 bits per heavy atom. The third-order valence-electron chi connectivity index (χ3n) is 4.37. The number of nitrogens with zero attached hydrogens (tertiary/aromatic N) is 2. The van der Waals surface area contributed by atoms with Crippen LogP contribution in [0.5, 0.6) is 0 Å². The summed E-state index contributed by atoms with van der Waals surface area (Å²) in [6.45, 7) is 5.80. The van der Waals surface area contributed by atoms with Crippen molar-refractivity contribution in [3.05, 3.63) is 70.0 Å². The van der Waals surface area contributed by atoms with Gasteiger partial charge in [-0.15, -0.1) is 10.2 Å². The van der Waals surface area contributed by atoms with Gasteiger partial charge in [0.25, 0.3) is 5.56 Å². The van der Waals surface area contributed by atoms with E-state index in [0.717, 1.165) is 23.2 Å². The van der Waals surface area contributed by atoms with Gasteiger partial charge < -0.3 is 5.32 Å². The number of hydrogen-bond acceptors (Lipinski definition) is 5. The van der Waals surface area contributed by atoms with Gasteiger partial charge in [0.05, 0.1) is 5.25 Å². The first-order valence-corrected chi connectivity index (χ1v) is 9.96. The number of carbonyl (C=O) groups excluding carboxylic acids is 1. The van der Waals surface area contributed by atoms with Gasteiger partial charge in [-0.25, -0.2) is 0 Å². The van der Waals surface area contributed by atoms with Crippen LogP contribution < -0.4 is 10.9 Å². The Kier molecular flexibility index (Phi) is 6.26. The highest BCUT2D eigenvalue weighted by Crippen LogP contribution is 2.24. The lowest BCUT2D eigenvalue weighted by Gasteiger charge is -2.16. The minimum atomic E-state index is -0.447. The fourth-order valence-corrected chi connectivity index (χ4v) is 3.55. The van der Waals surface area contributed by atoms with Gasteiger partial charge in [-0.2, -0.15) is 0 Å². The van der Waals surface area contributed by atoms with Crippen molar-refractivity contribution in [1.82, 2.24) is 15.2 Å². The zero-order valence-corrected chi connectivity index (χ0v) is 16.8. The smallest absolute Gasteiger partial charge is 0.278 e. The van der Waals surface area contributed by atoms with Crippen molar-refractivity contribution in [2.75, 3.05) is 5.32 Å². The summed E-state index contributed by atoms with van der Waals surface area (Å²) in [6.07, 6.45) is 0.832. The standard InChI is InChI=1S/C21H22N4O2S/c1-4-15-12-8-9-13(2)17(15)22-19(26)14(3)28-21-23-20(27)18(24-25-21)16-10-6-5-7-11-16/h5-12,14H,4H2,1-3H3,(H,22,26)(H,23,25,27). The Bertz CT molecular complexity index is 1030. The number of para-hydroxylation sites is 1. The number of amides is 1. The second-order valence-electron chi connectivity index (χ2n) is 6.39. The van der Waals surface area contributed by atoms with Crippen molar-refractivity contribution in [1.29, 1.82) is 0 Å². The van der Waals surface area contributed by atoms with E-state index in [-0.39, 0.29) is 17.2 Å². The second-order valence-corrected chi connectivity index (χ2v) is 7.72. The van der Waals surface area contributed by atoms with Gasteiger partial charge >= 0.3 is 0 Å². The molecule has 3 rings (SSSR count). The molecule has 0 bridgehead atoms. The molecule has 1 amide bonds. The van der Waals surface area contributed by atoms with Crippen LogP contribution in [0.2, 0.25) is 0 Å². The SMILES string of the molecule is CCc1cccc(C)c1NC(=O)C(C)Sc1nnc(-c2ccccc2)c(=O)[nH]1. The van der Waals surface area contributed by atoms with Crippen LogP contribution in [0.15, 0.2) is 58.5 Å². The van der Waals surface area contributed by atoms with Crippen molar-refractivity contribution in [2.45, 2.75) is 37.6 Å². The second kappa shape index (κ2) is 8.84. The molecule has 1 aromatic heterocycles. The molecule has 7 heteroatoms. The van der Waals surface area contributed by atoms with E-state index in [2.05, 4.69) is 27.4 Å². The van der Waals surface area contributed by atoms with Gasteiger partial charge in [-0.05, 0) is 31.4 Å². The quantitative estimate of drug-likeness (QED) is 0.621. The molecule has 0 saturated heterocycles.